The Balaban J connectivity index is 2.95. The topological polar surface area (TPSA) is 9.23 Å². The summed E-state index contributed by atoms with van der Waals surface area (Å²) in [5, 5.41) is 0. The minimum atomic E-state index is -2.83. The molecular weight excluding hydrogens is 257 g/mol. The normalized spacial score (nSPS) is 10.8. The van der Waals surface area contributed by atoms with E-state index >= 15 is 0 Å². The maximum absolute atomic E-state index is 12.2. The molecule has 5 heteroatoms. The average molecular weight is 269 g/mol. The molecule has 0 N–H and O–H groups in total. The zero-order chi connectivity index (χ0) is 12.0. The van der Waals surface area contributed by atoms with Gasteiger partial charge in [0.2, 0.25) is 0 Å². The summed E-state index contributed by atoms with van der Waals surface area (Å²) in [6.07, 6.45) is 1.32. The lowest BCUT2D eigenvalue weighted by Gasteiger charge is -2.13. The Bertz CT molecular complexity index is 332. The zero-order valence-electron chi connectivity index (χ0n) is 8.56. The first kappa shape index (κ1) is 13.5. The summed E-state index contributed by atoms with van der Waals surface area (Å²) < 4.78 is 29.0. The van der Waals surface area contributed by atoms with Gasteiger partial charge in [0.15, 0.2) is 0 Å². The standard InChI is InChI=1S/C11H12Cl2F2O/c12-6-2-5-8-3-1-4-9(7-13)10(8)16-11(14)15/h1,3-4,11H,2,5-7H2. The summed E-state index contributed by atoms with van der Waals surface area (Å²) in [4.78, 5) is 0. The summed E-state index contributed by atoms with van der Waals surface area (Å²) in [6, 6.07) is 5.20. The van der Waals surface area contributed by atoms with Crippen LogP contribution in [-0.2, 0) is 12.3 Å². The molecule has 1 rings (SSSR count). The zero-order valence-corrected chi connectivity index (χ0v) is 10.1. The highest BCUT2D eigenvalue weighted by molar-refractivity contribution is 6.17. The molecule has 0 amide bonds. The van der Waals surface area contributed by atoms with Crippen molar-refractivity contribution in [3.63, 3.8) is 0 Å². The van der Waals surface area contributed by atoms with E-state index in [9.17, 15) is 8.78 Å². The predicted molar refractivity (Wildman–Crippen MR) is 61.7 cm³/mol. The molecule has 0 aliphatic carbocycles. The van der Waals surface area contributed by atoms with E-state index in [1.54, 1.807) is 18.2 Å². The van der Waals surface area contributed by atoms with Gasteiger partial charge < -0.3 is 4.74 Å². The molecule has 0 radical (unpaired) electrons. The minimum Gasteiger partial charge on any atom is -0.434 e. The molecule has 0 aromatic heterocycles. The Labute approximate surface area is 103 Å². The molecule has 0 fully saturated rings. The minimum absolute atomic E-state index is 0.150. The van der Waals surface area contributed by atoms with Crippen molar-refractivity contribution in [3.05, 3.63) is 29.3 Å². The van der Waals surface area contributed by atoms with Gasteiger partial charge in [-0.05, 0) is 18.4 Å². The molecule has 0 saturated carbocycles. The fourth-order valence-electron chi connectivity index (χ4n) is 1.44. The third kappa shape index (κ3) is 3.80. The fraction of sp³-hybridized carbons (Fsp3) is 0.455. The van der Waals surface area contributed by atoms with Gasteiger partial charge in [0.05, 0.1) is 5.88 Å². The maximum atomic E-state index is 12.2. The molecule has 0 heterocycles. The van der Waals surface area contributed by atoms with Gasteiger partial charge in [-0.3, -0.25) is 0 Å². The monoisotopic (exact) mass is 268 g/mol. The fourth-order valence-corrected chi connectivity index (χ4v) is 1.78. The highest BCUT2D eigenvalue weighted by atomic mass is 35.5. The smallest absolute Gasteiger partial charge is 0.387 e. The summed E-state index contributed by atoms with van der Waals surface area (Å²) in [5.41, 5.74) is 1.30. The van der Waals surface area contributed by atoms with Gasteiger partial charge in [-0.25, -0.2) is 0 Å². The number of alkyl halides is 4. The van der Waals surface area contributed by atoms with E-state index in [-0.39, 0.29) is 11.6 Å². The molecular formula is C11H12Cl2F2O. The SMILES string of the molecule is FC(F)Oc1c(CCl)cccc1CCCCl. The Morgan fingerprint density at radius 2 is 1.88 bits per heavy atom. The second kappa shape index (κ2) is 6.92. The van der Waals surface area contributed by atoms with Crippen LogP contribution < -0.4 is 4.74 Å². The molecule has 1 aromatic carbocycles. The number of hydrogen-bond donors (Lipinski definition) is 0. The summed E-state index contributed by atoms with van der Waals surface area (Å²) in [5.74, 6) is 0.827. The third-order valence-electron chi connectivity index (χ3n) is 2.11. The van der Waals surface area contributed by atoms with Crippen molar-refractivity contribution in [1.29, 1.82) is 0 Å². The molecule has 0 atom stereocenters. The first-order chi connectivity index (χ1) is 7.69. The van der Waals surface area contributed by atoms with E-state index < -0.39 is 6.61 Å². The van der Waals surface area contributed by atoms with Gasteiger partial charge in [0, 0.05) is 11.4 Å². The van der Waals surface area contributed by atoms with E-state index in [4.69, 9.17) is 23.2 Å². The Morgan fingerprint density at radius 1 is 1.19 bits per heavy atom. The van der Waals surface area contributed by atoms with Crippen molar-refractivity contribution in [2.45, 2.75) is 25.3 Å². The van der Waals surface area contributed by atoms with Crippen LogP contribution >= 0.6 is 23.2 Å². The van der Waals surface area contributed by atoms with E-state index in [0.29, 0.717) is 24.3 Å². The lowest BCUT2D eigenvalue weighted by Crippen LogP contribution is -2.07. The molecule has 0 saturated heterocycles. The van der Waals surface area contributed by atoms with Crippen molar-refractivity contribution >= 4 is 23.2 Å². The molecule has 0 spiro atoms. The van der Waals surface area contributed by atoms with E-state index in [1.165, 1.54) is 0 Å². The van der Waals surface area contributed by atoms with Crippen LogP contribution in [0.5, 0.6) is 5.75 Å². The van der Waals surface area contributed by atoms with Crippen LogP contribution in [-0.4, -0.2) is 12.5 Å². The van der Waals surface area contributed by atoms with Crippen LogP contribution in [0, 0.1) is 0 Å². The van der Waals surface area contributed by atoms with Crippen LogP contribution in [0.2, 0.25) is 0 Å². The predicted octanol–water partition coefficient (Wildman–Crippen LogP) is 4.20. The Hall–Kier alpha value is -0.540. The van der Waals surface area contributed by atoms with Gasteiger partial charge in [-0.2, -0.15) is 8.78 Å². The number of aryl methyl sites for hydroxylation is 1. The van der Waals surface area contributed by atoms with Crippen molar-refractivity contribution < 1.29 is 13.5 Å². The largest absolute Gasteiger partial charge is 0.434 e. The highest BCUT2D eigenvalue weighted by Crippen LogP contribution is 2.28. The molecule has 0 aliphatic rings. The molecule has 90 valence electrons. The van der Waals surface area contributed by atoms with Crippen LogP contribution in [0.3, 0.4) is 0 Å². The van der Waals surface area contributed by atoms with E-state index in [2.05, 4.69) is 4.74 Å². The number of para-hydroxylation sites is 1. The Morgan fingerprint density at radius 3 is 2.44 bits per heavy atom. The van der Waals surface area contributed by atoms with Crippen molar-refractivity contribution in [1.82, 2.24) is 0 Å². The number of benzene rings is 1. The van der Waals surface area contributed by atoms with E-state index in [1.807, 2.05) is 0 Å². The number of hydrogen-bond acceptors (Lipinski definition) is 1. The third-order valence-corrected chi connectivity index (χ3v) is 2.66. The number of rotatable bonds is 6. The number of halogens is 4. The summed E-state index contributed by atoms with van der Waals surface area (Å²) >= 11 is 11.2. The van der Waals surface area contributed by atoms with Crippen LogP contribution in [0.25, 0.3) is 0 Å². The van der Waals surface area contributed by atoms with Crippen molar-refractivity contribution in [2.24, 2.45) is 0 Å². The van der Waals surface area contributed by atoms with Gasteiger partial charge in [0.25, 0.3) is 0 Å². The Kier molecular flexibility index (Phi) is 5.85. The number of ether oxygens (including phenoxy) is 1. The van der Waals surface area contributed by atoms with Crippen LogP contribution in [0.4, 0.5) is 8.78 Å². The summed E-state index contributed by atoms with van der Waals surface area (Å²) in [7, 11) is 0. The van der Waals surface area contributed by atoms with Gasteiger partial charge in [-0.1, -0.05) is 18.2 Å². The first-order valence-corrected chi connectivity index (χ1v) is 5.93. The van der Waals surface area contributed by atoms with Crippen molar-refractivity contribution in [3.8, 4) is 5.75 Å². The maximum Gasteiger partial charge on any atom is 0.387 e. The second-order valence-electron chi connectivity index (χ2n) is 3.21. The lowest BCUT2D eigenvalue weighted by molar-refractivity contribution is -0.0509. The van der Waals surface area contributed by atoms with Crippen molar-refractivity contribution in [2.75, 3.05) is 5.88 Å². The average Bonchev–Trinajstić information content (AvgIpc) is 2.27. The van der Waals surface area contributed by atoms with Crippen LogP contribution in [0.15, 0.2) is 18.2 Å². The molecule has 1 nitrogen and oxygen atoms in total. The second-order valence-corrected chi connectivity index (χ2v) is 3.86. The summed E-state index contributed by atoms with van der Waals surface area (Å²) in [6.45, 7) is -2.83. The van der Waals surface area contributed by atoms with Gasteiger partial charge in [-0.15, -0.1) is 23.2 Å². The molecule has 0 bridgehead atoms. The van der Waals surface area contributed by atoms with Crippen LogP contribution in [0.1, 0.15) is 17.5 Å². The molecule has 0 aliphatic heterocycles. The first-order valence-electron chi connectivity index (χ1n) is 4.86. The quantitative estimate of drug-likeness (QED) is 0.703. The highest BCUT2D eigenvalue weighted by Gasteiger charge is 2.13. The van der Waals surface area contributed by atoms with E-state index in [0.717, 1.165) is 5.56 Å². The van der Waals surface area contributed by atoms with Gasteiger partial charge in [0.1, 0.15) is 5.75 Å². The molecule has 1 aromatic rings. The lowest BCUT2D eigenvalue weighted by atomic mass is 10.1. The molecule has 0 unspecified atom stereocenters. The van der Waals surface area contributed by atoms with Gasteiger partial charge >= 0.3 is 6.61 Å². The molecule has 16 heavy (non-hydrogen) atoms.